The lowest BCUT2D eigenvalue weighted by molar-refractivity contribution is 0.0696. The molecule has 5 heteroatoms. The van der Waals surface area contributed by atoms with Gasteiger partial charge in [0.05, 0.1) is 18.8 Å². The SMILES string of the molecule is CN1CCc2c(C(=O)O)cc(-c3ccc(N4CCOCC4)cc3)cc21. The fraction of sp³-hybridized carbons (Fsp3) is 0.350. The number of carboxylic acids is 1. The molecule has 2 aliphatic heterocycles. The molecular weight excluding hydrogens is 316 g/mol. The highest BCUT2D eigenvalue weighted by Gasteiger charge is 2.23. The Morgan fingerprint density at radius 3 is 2.44 bits per heavy atom. The fourth-order valence-electron chi connectivity index (χ4n) is 3.70. The first-order valence-electron chi connectivity index (χ1n) is 8.68. The standard InChI is InChI=1S/C20H22N2O3/c1-21-7-6-17-18(20(23)24)12-15(13-19(17)21)14-2-4-16(5-3-14)22-8-10-25-11-9-22/h2-5,12-13H,6-11H2,1H3,(H,23,24). The number of nitrogens with zero attached hydrogens (tertiary/aromatic N) is 2. The zero-order valence-electron chi connectivity index (χ0n) is 14.4. The Labute approximate surface area is 147 Å². The molecule has 5 nitrogen and oxygen atoms in total. The summed E-state index contributed by atoms with van der Waals surface area (Å²) in [7, 11) is 2.02. The second-order valence-corrected chi connectivity index (χ2v) is 6.64. The Kier molecular flexibility index (Phi) is 4.09. The molecule has 2 aromatic rings. The number of hydrogen-bond acceptors (Lipinski definition) is 4. The lowest BCUT2D eigenvalue weighted by Crippen LogP contribution is -2.36. The van der Waals surface area contributed by atoms with Crippen LogP contribution in [0.4, 0.5) is 11.4 Å². The summed E-state index contributed by atoms with van der Waals surface area (Å²) >= 11 is 0. The molecule has 130 valence electrons. The third kappa shape index (κ3) is 2.96. The van der Waals surface area contributed by atoms with Crippen molar-refractivity contribution < 1.29 is 14.6 Å². The minimum Gasteiger partial charge on any atom is -0.478 e. The van der Waals surface area contributed by atoms with Crippen LogP contribution in [0.1, 0.15) is 15.9 Å². The molecule has 1 saturated heterocycles. The summed E-state index contributed by atoms with van der Waals surface area (Å²) in [5, 5.41) is 9.58. The molecule has 4 rings (SSSR count). The van der Waals surface area contributed by atoms with E-state index in [1.54, 1.807) is 0 Å². The van der Waals surface area contributed by atoms with E-state index in [1.165, 1.54) is 5.69 Å². The number of fused-ring (bicyclic) bond motifs is 1. The predicted molar refractivity (Wildman–Crippen MR) is 98.8 cm³/mol. The first kappa shape index (κ1) is 16.0. The molecule has 0 spiro atoms. The van der Waals surface area contributed by atoms with E-state index in [9.17, 15) is 9.90 Å². The fourth-order valence-corrected chi connectivity index (χ4v) is 3.70. The summed E-state index contributed by atoms with van der Waals surface area (Å²) in [6.45, 7) is 4.22. The Morgan fingerprint density at radius 1 is 1.04 bits per heavy atom. The van der Waals surface area contributed by atoms with Crippen LogP contribution >= 0.6 is 0 Å². The third-order valence-corrected chi connectivity index (χ3v) is 5.14. The van der Waals surface area contributed by atoms with Crippen molar-refractivity contribution in [1.29, 1.82) is 0 Å². The molecule has 2 aliphatic rings. The quantitative estimate of drug-likeness (QED) is 0.933. The van der Waals surface area contributed by atoms with Crippen LogP contribution < -0.4 is 9.80 Å². The Bertz CT molecular complexity index is 795. The van der Waals surface area contributed by atoms with Gasteiger partial charge in [-0.2, -0.15) is 0 Å². The predicted octanol–water partition coefficient (Wildman–Crippen LogP) is 2.88. The molecule has 2 aromatic carbocycles. The summed E-state index contributed by atoms with van der Waals surface area (Å²) in [6, 6.07) is 12.3. The van der Waals surface area contributed by atoms with Gasteiger partial charge in [-0.1, -0.05) is 12.1 Å². The summed E-state index contributed by atoms with van der Waals surface area (Å²) < 4.78 is 5.40. The third-order valence-electron chi connectivity index (χ3n) is 5.14. The van der Waals surface area contributed by atoms with Crippen LogP contribution in [0.3, 0.4) is 0 Å². The molecule has 0 aromatic heterocycles. The largest absolute Gasteiger partial charge is 0.478 e. The van der Waals surface area contributed by atoms with E-state index >= 15 is 0 Å². The van der Waals surface area contributed by atoms with Crippen LogP contribution in [0.2, 0.25) is 0 Å². The van der Waals surface area contributed by atoms with E-state index in [-0.39, 0.29) is 0 Å². The number of hydrogen-bond donors (Lipinski definition) is 1. The normalized spacial score (nSPS) is 16.8. The van der Waals surface area contributed by atoms with Crippen molar-refractivity contribution in [3.63, 3.8) is 0 Å². The van der Waals surface area contributed by atoms with Crippen LogP contribution in [0.25, 0.3) is 11.1 Å². The van der Waals surface area contributed by atoms with Crippen LogP contribution in [0.15, 0.2) is 36.4 Å². The number of rotatable bonds is 3. The molecule has 0 unspecified atom stereocenters. The minimum absolute atomic E-state index is 0.425. The van der Waals surface area contributed by atoms with Crippen molar-refractivity contribution >= 4 is 17.3 Å². The van der Waals surface area contributed by atoms with Crippen LogP contribution in [-0.4, -0.2) is 51.0 Å². The van der Waals surface area contributed by atoms with E-state index in [0.29, 0.717) is 5.56 Å². The topological polar surface area (TPSA) is 53.0 Å². The Hall–Kier alpha value is -2.53. The molecule has 0 atom stereocenters. The lowest BCUT2D eigenvalue weighted by Gasteiger charge is -2.29. The van der Waals surface area contributed by atoms with Crippen molar-refractivity contribution in [2.24, 2.45) is 0 Å². The Morgan fingerprint density at radius 2 is 1.76 bits per heavy atom. The molecule has 1 fully saturated rings. The van der Waals surface area contributed by atoms with E-state index in [2.05, 4.69) is 40.1 Å². The number of ether oxygens (including phenoxy) is 1. The molecule has 2 heterocycles. The average Bonchev–Trinajstić information content (AvgIpc) is 3.03. The molecule has 0 amide bonds. The van der Waals surface area contributed by atoms with Gasteiger partial charge in [0.25, 0.3) is 0 Å². The van der Waals surface area contributed by atoms with Gasteiger partial charge in [-0.3, -0.25) is 0 Å². The second kappa shape index (κ2) is 6.41. The first-order chi connectivity index (χ1) is 12.1. The number of benzene rings is 2. The average molecular weight is 338 g/mol. The maximum atomic E-state index is 11.7. The summed E-state index contributed by atoms with van der Waals surface area (Å²) in [4.78, 5) is 16.1. The number of carbonyl (C=O) groups is 1. The summed E-state index contributed by atoms with van der Waals surface area (Å²) in [5.41, 5.74) is 5.59. The van der Waals surface area contributed by atoms with Crippen molar-refractivity contribution in [1.82, 2.24) is 0 Å². The van der Waals surface area contributed by atoms with E-state index in [4.69, 9.17) is 4.74 Å². The Balaban J connectivity index is 1.68. The van der Waals surface area contributed by atoms with E-state index < -0.39 is 5.97 Å². The monoisotopic (exact) mass is 338 g/mol. The maximum Gasteiger partial charge on any atom is 0.336 e. The zero-order valence-corrected chi connectivity index (χ0v) is 14.4. The molecule has 0 radical (unpaired) electrons. The minimum atomic E-state index is -0.849. The molecular formula is C20H22N2O3. The highest BCUT2D eigenvalue weighted by atomic mass is 16.5. The maximum absolute atomic E-state index is 11.7. The van der Waals surface area contributed by atoms with Gasteiger partial charge in [0.15, 0.2) is 0 Å². The van der Waals surface area contributed by atoms with Crippen LogP contribution in [0, 0.1) is 0 Å². The number of aromatic carboxylic acids is 1. The summed E-state index contributed by atoms with van der Waals surface area (Å²) in [5.74, 6) is -0.849. The zero-order chi connectivity index (χ0) is 17.4. The van der Waals surface area contributed by atoms with Gasteiger partial charge in [0, 0.05) is 38.1 Å². The van der Waals surface area contributed by atoms with Crippen molar-refractivity contribution in [3.05, 3.63) is 47.5 Å². The van der Waals surface area contributed by atoms with E-state index in [0.717, 1.165) is 61.6 Å². The second-order valence-electron chi connectivity index (χ2n) is 6.64. The molecule has 0 aliphatic carbocycles. The van der Waals surface area contributed by atoms with Gasteiger partial charge >= 0.3 is 5.97 Å². The first-order valence-corrected chi connectivity index (χ1v) is 8.68. The smallest absolute Gasteiger partial charge is 0.336 e. The van der Waals surface area contributed by atoms with Crippen LogP contribution in [-0.2, 0) is 11.2 Å². The van der Waals surface area contributed by atoms with E-state index in [1.807, 2.05) is 13.1 Å². The molecule has 1 N–H and O–H groups in total. The van der Waals surface area contributed by atoms with Gasteiger partial charge in [-0.15, -0.1) is 0 Å². The highest BCUT2D eigenvalue weighted by molar-refractivity contribution is 5.94. The van der Waals surface area contributed by atoms with Crippen molar-refractivity contribution in [2.45, 2.75) is 6.42 Å². The molecule has 0 bridgehead atoms. The highest BCUT2D eigenvalue weighted by Crippen LogP contribution is 2.35. The molecule has 0 saturated carbocycles. The molecule has 25 heavy (non-hydrogen) atoms. The lowest BCUT2D eigenvalue weighted by atomic mass is 9.97. The number of anilines is 2. The van der Waals surface area contributed by atoms with Gasteiger partial charge in [0.2, 0.25) is 0 Å². The van der Waals surface area contributed by atoms with Crippen molar-refractivity contribution in [3.8, 4) is 11.1 Å². The van der Waals surface area contributed by atoms with Crippen LogP contribution in [0.5, 0.6) is 0 Å². The van der Waals surface area contributed by atoms with Crippen molar-refractivity contribution in [2.75, 3.05) is 49.7 Å². The summed E-state index contributed by atoms with van der Waals surface area (Å²) in [6.07, 6.45) is 0.795. The van der Waals surface area contributed by atoms with Gasteiger partial charge in [-0.25, -0.2) is 4.79 Å². The number of morpholine rings is 1. The van der Waals surface area contributed by atoms with Gasteiger partial charge in [0.1, 0.15) is 0 Å². The number of carboxylic acid groups (broad SMARTS) is 1. The number of likely N-dealkylation sites (N-methyl/N-ethyl adjacent to an activating group) is 1. The van der Waals surface area contributed by atoms with Gasteiger partial charge < -0.3 is 19.6 Å². The van der Waals surface area contributed by atoms with Gasteiger partial charge in [-0.05, 0) is 47.4 Å².